The van der Waals surface area contributed by atoms with Crippen LogP contribution in [0.3, 0.4) is 0 Å². The van der Waals surface area contributed by atoms with Crippen LogP contribution >= 0.6 is 11.8 Å². The first-order valence-corrected chi connectivity index (χ1v) is 6.01. The Morgan fingerprint density at radius 3 is 2.94 bits per heavy atom. The van der Waals surface area contributed by atoms with Gasteiger partial charge in [-0.1, -0.05) is 11.2 Å². The molecule has 0 aliphatic rings. The van der Waals surface area contributed by atoms with Gasteiger partial charge in [-0.15, -0.1) is 11.8 Å². The molecule has 4 nitrogen and oxygen atoms in total. The Labute approximate surface area is 103 Å². The third kappa shape index (κ3) is 2.88. The van der Waals surface area contributed by atoms with Gasteiger partial charge in [-0.05, 0) is 24.6 Å². The Morgan fingerprint density at radius 1 is 1.47 bits per heavy atom. The van der Waals surface area contributed by atoms with Crippen LogP contribution in [-0.4, -0.2) is 16.2 Å². The van der Waals surface area contributed by atoms with Gasteiger partial charge >= 0.3 is 5.97 Å². The van der Waals surface area contributed by atoms with Crippen LogP contribution in [0, 0.1) is 6.92 Å². The highest BCUT2D eigenvalue weighted by Crippen LogP contribution is 2.24. The summed E-state index contributed by atoms with van der Waals surface area (Å²) in [5.41, 5.74) is 1.11. The first kappa shape index (κ1) is 11.7. The number of hydrogen-bond donors (Lipinski definition) is 1. The van der Waals surface area contributed by atoms with Gasteiger partial charge in [0.1, 0.15) is 5.76 Å². The number of aryl methyl sites for hydroxylation is 1. The Bertz CT molecular complexity index is 523. The molecular formula is C12H11NO3S. The summed E-state index contributed by atoms with van der Waals surface area (Å²) < 4.78 is 4.97. The zero-order chi connectivity index (χ0) is 12.3. The average molecular weight is 249 g/mol. The van der Waals surface area contributed by atoms with Crippen molar-refractivity contribution < 1.29 is 14.4 Å². The van der Waals surface area contributed by atoms with Gasteiger partial charge in [0, 0.05) is 11.0 Å². The lowest BCUT2D eigenvalue weighted by atomic mass is 10.1. The molecule has 17 heavy (non-hydrogen) atoms. The molecule has 1 N–H and O–H groups in total. The maximum atomic E-state index is 11.0. The monoisotopic (exact) mass is 249 g/mol. The maximum Gasteiger partial charge on any atom is 0.335 e. The van der Waals surface area contributed by atoms with Crippen LogP contribution in [0.4, 0.5) is 0 Å². The van der Waals surface area contributed by atoms with E-state index in [4.69, 9.17) is 9.63 Å². The van der Waals surface area contributed by atoms with Gasteiger partial charge < -0.3 is 9.63 Å². The maximum absolute atomic E-state index is 11.0. The van der Waals surface area contributed by atoms with Crippen LogP contribution in [0.25, 0.3) is 0 Å². The van der Waals surface area contributed by atoms with Crippen molar-refractivity contribution in [3.05, 3.63) is 47.3 Å². The second-order valence-electron chi connectivity index (χ2n) is 3.55. The molecule has 0 aliphatic carbocycles. The standard InChI is InChI=1S/C12H11NO3S/c1-8-2-3-10(6-11(8)12(14)15)17-7-9-4-5-13-16-9/h2-6H,7H2,1H3,(H,14,15). The van der Waals surface area contributed by atoms with E-state index in [1.54, 1.807) is 25.3 Å². The molecule has 0 saturated heterocycles. The zero-order valence-corrected chi connectivity index (χ0v) is 10.0. The van der Waals surface area contributed by atoms with Crippen LogP contribution in [0.15, 0.2) is 39.9 Å². The normalized spacial score (nSPS) is 10.4. The molecule has 1 heterocycles. The van der Waals surface area contributed by atoms with E-state index in [1.165, 1.54) is 11.8 Å². The highest BCUT2D eigenvalue weighted by molar-refractivity contribution is 7.98. The number of hydrogen-bond acceptors (Lipinski definition) is 4. The third-order valence-electron chi connectivity index (χ3n) is 2.31. The number of aromatic nitrogens is 1. The van der Waals surface area contributed by atoms with E-state index < -0.39 is 5.97 Å². The summed E-state index contributed by atoms with van der Waals surface area (Å²) in [5.74, 6) is 0.513. The summed E-state index contributed by atoms with van der Waals surface area (Å²) in [6.45, 7) is 1.79. The molecule has 0 saturated carbocycles. The van der Waals surface area contributed by atoms with Gasteiger partial charge in [-0.2, -0.15) is 0 Å². The Kier molecular flexibility index (Phi) is 3.49. The lowest BCUT2D eigenvalue weighted by molar-refractivity contribution is 0.0696. The van der Waals surface area contributed by atoms with Crippen LogP contribution < -0.4 is 0 Å². The highest BCUT2D eigenvalue weighted by atomic mass is 32.2. The fourth-order valence-corrected chi connectivity index (χ4v) is 2.22. The first-order valence-electron chi connectivity index (χ1n) is 5.03. The minimum atomic E-state index is -0.899. The van der Waals surface area contributed by atoms with Gasteiger partial charge in [0.2, 0.25) is 0 Å². The smallest absolute Gasteiger partial charge is 0.335 e. The molecule has 0 spiro atoms. The molecule has 2 aromatic rings. The first-order chi connectivity index (χ1) is 8.16. The number of aromatic carboxylic acids is 1. The van der Waals surface area contributed by atoms with E-state index >= 15 is 0 Å². The highest BCUT2D eigenvalue weighted by Gasteiger charge is 2.08. The molecule has 0 aliphatic heterocycles. The van der Waals surface area contributed by atoms with Crippen molar-refractivity contribution >= 4 is 17.7 Å². The van der Waals surface area contributed by atoms with Gasteiger partial charge in [-0.25, -0.2) is 4.79 Å². The minimum Gasteiger partial charge on any atom is -0.478 e. The quantitative estimate of drug-likeness (QED) is 0.844. The minimum absolute atomic E-state index is 0.340. The van der Waals surface area contributed by atoms with Crippen molar-refractivity contribution in [3.8, 4) is 0 Å². The number of carboxylic acid groups (broad SMARTS) is 1. The van der Waals surface area contributed by atoms with Gasteiger partial charge in [0.15, 0.2) is 0 Å². The molecule has 0 bridgehead atoms. The molecule has 5 heteroatoms. The van der Waals surface area contributed by atoms with Gasteiger partial charge in [-0.3, -0.25) is 0 Å². The third-order valence-corrected chi connectivity index (χ3v) is 3.33. The second-order valence-corrected chi connectivity index (χ2v) is 4.60. The van der Waals surface area contributed by atoms with E-state index in [2.05, 4.69) is 5.16 Å². The topological polar surface area (TPSA) is 63.3 Å². The zero-order valence-electron chi connectivity index (χ0n) is 9.21. The predicted molar refractivity (Wildman–Crippen MR) is 64.2 cm³/mol. The summed E-state index contributed by atoms with van der Waals surface area (Å²) in [6, 6.07) is 7.19. The van der Waals surface area contributed by atoms with Crippen LogP contribution in [0.5, 0.6) is 0 Å². The van der Waals surface area contributed by atoms with Gasteiger partial charge in [0.25, 0.3) is 0 Å². The predicted octanol–water partition coefficient (Wildman–Crippen LogP) is 2.97. The van der Waals surface area contributed by atoms with E-state index in [0.29, 0.717) is 11.3 Å². The van der Waals surface area contributed by atoms with Crippen molar-refractivity contribution in [2.45, 2.75) is 17.6 Å². The van der Waals surface area contributed by atoms with Crippen LogP contribution in [-0.2, 0) is 5.75 Å². The molecule has 0 unspecified atom stereocenters. The lowest BCUT2D eigenvalue weighted by Gasteiger charge is -2.04. The molecule has 1 aromatic heterocycles. The lowest BCUT2D eigenvalue weighted by Crippen LogP contribution is -1.99. The summed E-state index contributed by atoms with van der Waals surface area (Å²) in [6.07, 6.45) is 1.59. The van der Waals surface area contributed by atoms with E-state index in [9.17, 15) is 4.79 Å². The Morgan fingerprint density at radius 2 is 2.29 bits per heavy atom. The number of nitrogens with zero attached hydrogens (tertiary/aromatic N) is 1. The molecular weight excluding hydrogens is 238 g/mol. The Balaban J connectivity index is 2.11. The largest absolute Gasteiger partial charge is 0.478 e. The number of rotatable bonds is 4. The fraction of sp³-hybridized carbons (Fsp3) is 0.167. The molecule has 0 fully saturated rings. The van der Waals surface area contributed by atoms with Crippen molar-refractivity contribution in [3.63, 3.8) is 0 Å². The summed E-state index contributed by atoms with van der Waals surface area (Å²) in [7, 11) is 0. The van der Waals surface area contributed by atoms with Crippen molar-refractivity contribution in [2.75, 3.05) is 0 Å². The fourth-order valence-electron chi connectivity index (χ4n) is 1.39. The van der Waals surface area contributed by atoms with Crippen LogP contribution in [0.1, 0.15) is 21.7 Å². The number of thioether (sulfide) groups is 1. The Hall–Kier alpha value is -1.75. The van der Waals surface area contributed by atoms with Crippen molar-refractivity contribution in [1.29, 1.82) is 0 Å². The van der Waals surface area contributed by atoms with E-state index in [1.807, 2.05) is 12.1 Å². The number of carboxylic acids is 1. The molecule has 0 atom stereocenters. The van der Waals surface area contributed by atoms with Crippen LogP contribution in [0.2, 0.25) is 0 Å². The van der Waals surface area contributed by atoms with E-state index in [0.717, 1.165) is 16.2 Å². The second kappa shape index (κ2) is 5.05. The summed E-state index contributed by atoms with van der Waals surface area (Å²) >= 11 is 1.52. The molecule has 1 aromatic carbocycles. The van der Waals surface area contributed by atoms with E-state index in [-0.39, 0.29) is 0 Å². The molecule has 0 radical (unpaired) electrons. The van der Waals surface area contributed by atoms with Crippen molar-refractivity contribution in [2.24, 2.45) is 0 Å². The molecule has 88 valence electrons. The van der Waals surface area contributed by atoms with Crippen molar-refractivity contribution in [1.82, 2.24) is 5.16 Å². The SMILES string of the molecule is Cc1ccc(SCc2ccno2)cc1C(=O)O. The van der Waals surface area contributed by atoms with Gasteiger partial charge in [0.05, 0.1) is 17.5 Å². The average Bonchev–Trinajstić information content (AvgIpc) is 2.80. The number of benzene rings is 1. The number of carbonyl (C=O) groups is 1. The molecule has 0 amide bonds. The summed E-state index contributed by atoms with van der Waals surface area (Å²) in [5, 5.41) is 12.6. The molecule has 2 rings (SSSR count). The summed E-state index contributed by atoms with van der Waals surface area (Å²) in [4.78, 5) is 11.9.